The molecule has 0 bridgehead atoms. The summed E-state index contributed by atoms with van der Waals surface area (Å²) in [7, 11) is 0. The molecule has 102 valence electrons. The monoisotopic (exact) mass is 289 g/mol. The van der Waals surface area contributed by atoms with Gasteiger partial charge in [-0.15, -0.1) is 11.6 Å². The number of hydrogen-bond donors (Lipinski definition) is 0. The van der Waals surface area contributed by atoms with Crippen molar-refractivity contribution in [3.8, 4) is 5.69 Å². The summed E-state index contributed by atoms with van der Waals surface area (Å²) in [5, 5.41) is 0. The summed E-state index contributed by atoms with van der Waals surface area (Å²) in [6, 6.07) is 6.91. The highest BCUT2D eigenvalue weighted by Gasteiger charge is 2.15. The normalized spacial score (nSPS) is 11.2. The number of fused-ring (bicyclic) bond motifs is 1. The lowest BCUT2D eigenvalue weighted by atomic mass is 10.2. The molecular formula is C15H13ClFN3. The molecule has 0 atom stereocenters. The zero-order valence-electron chi connectivity index (χ0n) is 11.2. The predicted molar refractivity (Wildman–Crippen MR) is 77.9 cm³/mol. The average Bonchev–Trinajstić information content (AvgIpc) is 2.79. The summed E-state index contributed by atoms with van der Waals surface area (Å²) in [5.41, 5.74) is 3.77. The largest absolute Gasteiger partial charge is 0.279 e. The van der Waals surface area contributed by atoms with Crippen molar-refractivity contribution in [2.45, 2.75) is 19.7 Å². The summed E-state index contributed by atoms with van der Waals surface area (Å²) in [5.74, 6) is 0.649. The second-order valence-electron chi connectivity index (χ2n) is 4.74. The van der Waals surface area contributed by atoms with Crippen molar-refractivity contribution in [3.63, 3.8) is 0 Å². The Kier molecular flexibility index (Phi) is 3.18. The molecule has 0 radical (unpaired) electrons. The van der Waals surface area contributed by atoms with E-state index in [0.29, 0.717) is 17.0 Å². The summed E-state index contributed by atoms with van der Waals surface area (Å²) in [4.78, 5) is 8.90. The van der Waals surface area contributed by atoms with E-state index >= 15 is 0 Å². The van der Waals surface area contributed by atoms with Gasteiger partial charge in [-0.05, 0) is 37.6 Å². The van der Waals surface area contributed by atoms with Gasteiger partial charge in [0, 0.05) is 11.8 Å². The summed E-state index contributed by atoms with van der Waals surface area (Å²) >= 11 is 5.98. The first-order valence-electron chi connectivity index (χ1n) is 6.27. The highest BCUT2D eigenvalue weighted by molar-refractivity contribution is 6.16. The van der Waals surface area contributed by atoms with Crippen LogP contribution in [0.3, 0.4) is 0 Å². The van der Waals surface area contributed by atoms with E-state index in [-0.39, 0.29) is 11.7 Å². The number of imidazole rings is 1. The zero-order chi connectivity index (χ0) is 14.3. The molecule has 1 aromatic carbocycles. The first-order valence-corrected chi connectivity index (χ1v) is 6.80. The van der Waals surface area contributed by atoms with Gasteiger partial charge >= 0.3 is 0 Å². The van der Waals surface area contributed by atoms with E-state index in [9.17, 15) is 4.39 Å². The summed E-state index contributed by atoms with van der Waals surface area (Å²) in [6.07, 6.45) is 1.77. The number of aryl methyl sites for hydroxylation is 1. The van der Waals surface area contributed by atoms with Crippen LogP contribution in [0.2, 0.25) is 0 Å². The molecule has 0 saturated heterocycles. The van der Waals surface area contributed by atoms with Crippen LogP contribution in [0.15, 0.2) is 30.5 Å². The highest BCUT2D eigenvalue weighted by Crippen LogP contribution is 2.25. The van der Waals surface area contributed by atoms with E-state index in [1.54, 1.807) is 19.2 Å². The van der Waals surface area contributed by atoms with Gasteiger partial charge < -0.3 is 0 Å². The Morgan fingerprint density at radius 1 is 1.30 bits per heavy atom. The van der Waals surface area contributed by atoms with E-state index < -0.39 is 0 Å². The molecule has 0 amide bonds. The van der Waals surface area contributed by atoms with Gasteiger partial charge in [0.25, 0.3) is 0 Å². The number of halogens is 2. The van der Waals surface area contributed by atoms with E-state index in [0.717, 1.165) is 16.8 Å². The molecule has 0 aliphatic heterocycles. The second kappa shape index (κ2) is 4.87. The molecule has 3 nitrogen and oxygen atoms in total. The molecule has 2 heterocycles. The highest BCUT2D eigenvalue weighted by atomic mass is 35.5. The number of pyridine rings is 1. The Labute approximate surface area is 121 Å². The number of hydrogen-bond acceptors (Lipinski definition) is 2. The van der Waals surface area contributed by atoms with Gasteiger partial charge in [-0.25, -0.2) is 14.4 Å². The molecule has 0 aliphatic rings. The quantitative estimate of drug-likeness (QED) is 0.670. The Hall–Kier alpha value is -1.94. The summed E-state index contributed by atoms with van der Waals surface area (Å²) < 4.78 is 15.6. The zero-order valence-corrected chi connectivity index (χ0v) is 11.9. The molecule has 0 N–H and O–H groups in total. The van der Waals surface area contributed by atoms with Crippen LogP contribution < -0.4 is 0 Å². The Morgan fingerprint density at radius 3 is 2.85 bits per heavy atom. The molecule has 3 rings (SSSR count). The minimum atomic E-state index is -0.253. The molecular weight excluding hydrogens is 277 g/mol. The van der Waals surface area contributed by atoms with Crippen molar-refractivity contribution in [3.05, 3.63) is 53.2 Å². The molecule has 3 aromatic rings. The lowest BCUT2D eigenvalue weighted by molar-refractivity contribution is 0.617. The van der Waals surface area contributed by atoms with Gasteiger partial charge in [0.15, 0.2) is 5.65 Å². The molecule has 5 heteroatoms. The van der Waals surface area contributed by atoms with Crippen LogP contribution in [0.25, 0.3) is 16.9 Å². The predicted octanol–water partition coefficient (Wildman–Crippen LogP) is 3.92. The van der Waals surface area contributed by atoms with Gasteiger partial charge in [-0.1, -0.05) is 6.07 Å². The molecule has 20 heavy (non-hydrogen) atoms. The van der Waals surface area contributed by atoms with Crippen molar-refractivity contribution in [2.24, 2.45) is 0 Å². The van der Waals surface area contributed by atoms with E-state index in [2.05, 4.69) is 9.97 Å². The van der Waals surface area contributed by atoms with Crippen molar-refractivity contribution in [1.29, 1.82) is 0 Å². The number of alkyl halides is 1. The van der Waals surface area contributed by atoms with Gasteiger partial charge in [0.2, 0.25) is 0 Å². The van der Waals surface area contributed by atoms with E-state index in [1.807, 2.05) is 23.6 Å². The Balaban J connectivity index is 2.37. The fourth-order valence-electron chi connectivity index (χ4n) is 2.29. The number of benzene rings is 1. The Bertz CT molecular complexity index is 795. The van der Waals surface area contributed by atoms with Crippen LogP contribution in [-0.2, 0) is 5.88 Å². The van der Waals surface area contributed by atoms with Crippen molar-refractivity contribution in [2.75, 3.05) is 0 Å². The van der Waals surface area contributed by atoms with Crippen LogP contribution in [-0.4, -0.2) is 14.5 Å². The second-order valence-corrected chi connectivity index (χ2v) is 5.00. The number of nitrogens with zero attached hydrogens (tertiary/aromatic N) is 3. The van der Waals surface area contributed by atoms with Gasteiger partial charge in [-0.2, -0.15) is 0 Å². The van der Waals surface area contributed by atoms with Gasteiger partial charge in [0.1, 0.15) is 17.2 Å². The fourth-order valence-corrected chi connectivity index (χ4v) is 2.47. The first-order chi connectivity index (χ1) is 9.61. The maximum absolute atomic E-state index is 13.8. The van der Waals surface area contributed by atoms with Crippen molar-refractivity contribution < 1.29 is 4.39 Å². The van der Waals surface area contributed by atoms with Gasteiger partial charge in [-0.3, -0.25) is 4.57 Å². The smallest absolute Gasteiger partial charge is 0.164 e. The van der Waals surface area contributed by atoms with Crippen LogP contribution in [0, 0.1) is 19.7 Å². The van der Waals surface area contributed by atoms with Crippen LogP contribution >= 0.6 is 11.6 Å². The van der Waals surface area contributed by atoms with Crippen molar-refractivity contribution >= 4 is 22.8 Å². The average molecular weight is 290 g/mol. The SMILES string of the molecule is Cc1cnc2c(c1)nc(CCl)n2-c1cccc(F)c1C. The van der Waals surface area contributed by atoms with Crippen molar-refractivity contribution in [1.82, 2.24) is 14.5 Å². The number of rotatable bonds is 2. The standard InChI is InChI=1S/C15H13ClFN3/c1-9-6-12-15(18-8-9)20(14(7-16)19-12)13-5-3-4-11(17)10(13)2/h3-6,8H,7H2,1-2H3. The van der Waals surface area contributed by atoms with Gasteiger partial charge in [0.05, 0.1) is 11.6 Å². The molecule has 0 unspecified atom stereocenters. The Morgan fingerprint density at radius 2 is 2.10 bits per heavy atom. The molecule has 0 aliphatic carbocycles. The van der Waals surface area contributed by atoms with Crippen LogP contribution in [0.5, 0.6) is 0 Å². The number of aromatic nitrogens is 3. The molecule has 2 aromatic heterocycles. The minimum Gasteiger partial charge on any atom is -0.279 e. The molecule has 0 saturated carbocycles. The third-order valence-electron chi connectivity index (χ3n) is 3.30. The molecule has 0 fully saturated rings. The lowest BCUT2D eigenvalue weighted by Gasteiger charge is -2.10. The topological polar surface area (TPSA) is 30.7 Å². The third-order valence-corrected chi connectivity index (χ3v) is 3.54. The maximum Gasteiger partial charge on any atom is 0.164 e. The minimum absolute atomic E-state index is 0.241. The van der Waals surface area contributed by atoms with E-state index in [1.165, 1.54) is 6.07 Å². The maximum atomic E-state index is 13.8. The van der Waals surface area contributed by atoms with Crippen LogP contribution in [0.1, 0.15) is 17.0 Å². The summed E-state index contributed by atoms with van der Waals surface area (Å²) in [6.45, 7) is 3.70. The van der Waals surface area contributed by atoms with Crippen LogP contribution in [0.4, 0.5) is 4.39 Å². The molecule has 0 spiro atoms. The first kappa shape index (κ1) is 13.1. The third kappa shape index (κ3) is 1.96. The fraction of sp³-hybridized carbons (Fsp3) is 0.200. The lowest BCUT2D eigenvalue weighted by Crippen LogP contribution is -2.03. The van der Waals surface area contributed by atoms with E-state index in [4.69, 9.17) is 11.6 Å².